The first kappa shape index (κ1) is 15.5. The Balaban J connectivity index is 2.02. The summed E-state index contributed by atoms with van der Waals surface area (Å²) >= 11 is 0. The molecule has 0 amide bonds. The number of piperidine rings is 1. The topological polar surface area (TPSA) is 32.5 Å². The molecule has 0 unspecified atom stereocenters. The summed E-state index contributed by atoms with van der Waals surface area (Å²) in [4.78, 5) is 5.00. The summed E-state index contributed by atoms with van der Waals surface area (Å²) in [6.45, 7) is 9.62. The van der Waals surface area contributed by atoms with Crippen LogP contribution < -0.4 is 5.73 Å². The Hall–Kier alpha value is -0.900. The number of likely N-dealkylation sites (tertiary alicyclic amines) is 1. The van der Waals surface area contributed by atoms with E-state index in [9.17, 15) is 0 Å². The molecule has 112 valence electrons. The van der Waals surface area contributed by atoms with E-state index in [0.29, 0.717) is 0 Å². The van der Waals surface area contributed by atoms with E-state index in [1.165, 1.54) is 37.1 Å². The molecule has 3 heteroatoms. The van der Waals surface area contributed by atoms with Crippen molar-refractivity contribution in [2.45, 2.75) is 38.8 Å². The molecule has 0 radical (unpaired) electrons. The molecule has 0 aromatic heterocycles. The maximum Gasteiger partial charge on any atom is 0.0356 e. The standard InChI is InChI=1S/C17H29N3/c1-4-20-11-9-17(14-18,10-12-20)19(3)13-16-7-5-15(2)6-8-16/h5-8H,4,9-14,18H2,1-3H3. The molecule has 2 N–H and O–H groups in total. The Morgan fingerprint density at radius 3 is 2.30 bits per heavy atom. The fourth-order valence-corrected chi connectivity index (χ4v) is 3.16. The van der Waals surface area contributed by atoms with Gasteiger partial charge in [-0.1, -0.05) is 36.8 Å². The normalized spacial score (nSPS) is 19.4. The molecule has 1 aliphatic rings. The molecule has 0 spiro atoms. The van der Waals surface area contributed by atoms with Gasteiger partial charge in [-0.2, -0.15) is 0 Å². The quantitative estimate of drug-likeness (QED) is 0.894. The van der Waals surface area contributed by atoms with Crippen LogP contribution in [0.2, 0.25) is 0 Å². The van der Waals surface area contributed by atoms with Crippen LogP contribution in [0.4, 0.5) is 0 Å². The molecular weight excluding hydrogens is 246 g/mol. The van der Waals surface area contributed by atoms with Gasteiger partial charge in [-0.15, -0.1) is 0 Å². The number of benzene rings is 1. The van der Waals surface area contributed by atoms with Gasteiger partial charge in [-0.25, -0.2) is 0 Å². The van der Waals surface area contributed by atoms with Gasteiger partial charge in [0.25, 0.3) is 0 Å². The molecule has 0 atom stereocenters. The first-order valence-electron chi connectivity index (χ1n) is 7.79. The third kappa shape index (κ3) is 3.40. The van der Waals surface area contributed by atoms with E-state index < -0.39 is 0 Å². The van der Waals surface area contributed by atoms with Crippen LogP contribution in [0, 0.1) is 6.92 Å². The van der Waals surface area contributed by atoms with Gasteiger partial charge in [0.2, 0.25) is 0 Å². The Bertz CT molecular complexity index is 405. The van der Waals surface area contributed by atoms with Crippen molar-refractivity contribution in [2.24, 2.45) is 5.73 Å². The van der Waals surface area contributed by atoms with Crippen molar-refractivity contribution >= 4 is 0 Å². The van der Waals surface area contributed by atoms with Crippen LogP contribution in [0.5, 0.6) is 0 Å². The third-order valence-corrected chi connectivity index (χ3v) is 4.96. The first-order valence-corrected chi connectivity index (χ1v) is 7.79. The Morgan fingerprint density at radius 1 is 1.20 bits per heavy atom. The lowest BCUT2D eigenvalue weighted by atomic mass is 9.85. The fraction of sp³-hybridized carbons (Fsp3) is 0.647. The number of hydrogen-bond donors (Lipinski definition) is 1. The molecule has 1 fully saturated rings. The Labute approximate surface area is 123 Å². The predicted molar refractivity (Wildman–Crippen MR) is 85.8 cm³/mol. The lowest BCUT2D eigenvalue weighted by Crippen LogP contribution is -2.57. The largest absolute Gasteiger partial charge is 0.329 e. The summed E-state index contributed by atoms with van der Waals surface area (Å²) in [6, 6.07) is 8.85. The molecule has 3 nitrogen and oxygen atoms in total. The highest BCUT2D eigenvalue weighted by Crippen LogP contribution is 2.28. The molecule has 0 saturated carbocycles. The Kier molecular flexibility index (Phi) is 5.19. The van der Waals surface area contributed by atoms with Crippen molar-refractivity contribution < 1.29 is 0 Å². The maximum absolute atomic E-state index is 6.14. The summed E-state index contributed by atoms with van der Waals surface area (Å²) in [7, 11) is 2.23. The third-order valence-electron chi connectivity index (χ3n) is 4.96. The second kappa shape index (κ2) is 6.70. The number of rotatable bonds is 5. The highest BCUT2D eigenvalue weighted by Gasteiger charge is 2.36. The van der Waals surface area contributed by atoms with Gasteiger partial charge < -0.3 is 10.6 Å². The SMILES string of the molecule is CCN1CCC(CN)(N(C)Cc2ccc(C)cc2)CC1. The Morgan fingerprint density at radius 2 is 1.80 bits per heavy atom. The van der Waals surface area contributed by atoms with Crippen molar-refractivity contribution in [1.82, 2.24) is 9.80 Å². The van der Waals surface area contributed by atoms with Gasteiger partial charge in [0.15, 0.2) is 0 Å². The fourth-order valence-electron chi connectivity index (χ4n) is 3.16. The molecule has 1 saturated heterocycles. The molecule has 2 rings (SSSR count). The van der Waals surface area contributed by atoms with Gasteiger partial charge >= 0.3 is 0 Å². The zero-order chi connectivity index (χ0) is 14.6. The molecular formula is C17H29N3. The average Bonchev–Trinajstić information content (AvgIpc) is 2.49. The second-order valence-electron chi connectivity index (χ2n) is 6.20. The van der Waals surface area contributed by atoms with Crippen LogP contribution in [-0.2, 0) is 6.54 Å². The van der Waals surface area contributed by atoms with Gasteiger partial charge in [0.1, 0.15) is 0 Å². The molecule has 20 heavy (non-hydrogen) atoms. The molecule has 1 aromatic carbocycles. The number of likely N-dealkylation sites (N-methyl/N-ethyl adjacent to an activating group) is 1. The maximum atomic E-state index is 6.14. The van der Waals surface area contributed by atoms with Gasteiger partial charge in [-0.05, 0) is 52.0 Å². The summed E-state index contributed by atoms with van der Waals surface area (Å²) in [6.07, 6.45) is 2.36. The predicted octanol–water partition coefficient (Wildman–Crippen LogP) is 2.24. The first-order chi connectivity index (χ1) is 9.59. The smallest absolute Gasteiger partial charge is 0.0356 e. The van der Waals surface area contributed by atoms with E-state index in [1.54, 1.807) is 0 Å². The monoisotopic (exact) mass is 275 g/mol. The van der Waals surface area contributed by atoms with Crippen LogP contribution >= 0.6 is 0 Å². The van der Waals surface area contributed by atoms with Crippen LogP contribution in [-0.4, -0.2) is 48.6 Å². The van der Waals surface area contributed by atoms with Crippen molar-refractivity contribution in [3.05, 3.63) is 35.4 Å². The molecule has 0 aliphatic carbocycles. The van der Waals surface area contributed by atoms with E-state index in [0.717, 1.165) is 19.6 Å². The molecule has 1 heterocycles. The summed E-state index contributed by atoms with van der Waals surface area (Å²) in [5.74, 6) is 0. The number of nitrogens with zero attached hydrogens (tertiary/aromatic N) is 2. The molecule has 1 aliphatic heterocycles. The van der Waals surface area contributed by atoms with Crippen LogP contribution in [0.15, 0.2) is 24.3 Å². The highest BCUT2D eigenvalue weighted by molar-refractivity contribution is 5.21. The van der Waals surface area contributed by atoms with E-state index >= 15 is 0 Å². The number of nitrogens with two attached hydrogens (primary N) is 1. The summed E-state index contributed by atoms with van der Waals surface area (Å²) in [5.41, 5.74) is 9.02. The van der Waals surface area contributed by atoms with Crippen molar-refractivity contribution in [1.29, 1.82) is 0 Å². The number of aryl methyl sites for hydroxylation is 1. The van der Waals surface area contributed by atoms with Gasteiger partial charge in [0.05, 0.1) is 0 Å². The second-order valence-corrected chi connectivity index (χ2v) is 6.20. The average molecular weight is 275 g/mol. The summed E-state index contributed by atoms with van der Waals surface area (Å²) in [5, 5.41) is 0. The van der Waals surface area contributed by atoms with Crippen LogP contribution in [0.1, 0.15) is 30.9 Å². The van der Waals surface area contributed by atoms with Gasteiger partial charge in [-0.3, -0.25) is 4.90 Å². The van der Waals surface area contributed by atoms with E-state index in [2.05, 4.69) is 55.0 Å². The van der Waals surface area contributed by atoms with Crippen LogP contribution in [0.3, 0.4) is 0 Å². The lowest BCUT2D eigenvalue weighted by molar-refractivity contribution is 0.0419. The lowest BCUT2D eigenvalue weighted by Gasteiger charge is -2.47. The minimum absolute atomic E-state index is 0.177. The molecule has 0 bridgehead atoms. The number of hydrogen-bond acceptors (Lipinski definition) is 3. The van der Waals surface area contributed by atoms with Crippen molar-refractivity contribution in [2.75, 3.05) is 33.2 Å². The van der Waals surface area contributed by atoms with Crippen molar-refractivity contribution in [3.8, 4) is 0 Å². The zero-order valence-electron chi connectivity index (χ0n) is 13.2. The summed E-state index contributed by atoms with van der Waals surface area (Å²) < 4.78 is 0. The van der Waals surface area contributed by atoms with E-state index in [1.807, 2.05) is 0 Å². The molecule has 1 aromatic rings. The van der Waals surface area contributed by atoms with Gasteiger partial charge in [0, 0.05) is 18.6 Å². The highest BCUT2D eigenvalue weighted by atomic mass is 15.2. The minimum atomic E-state index is 0.177. The zero-order valence-corrected chi connectivity index (χ0v) is 13.2. The van der Waals surface area contributed by atoms with E-state index in [4.69, 9.17) is 5.73 Å². The van der Waals surface area contributed by atoms with E-state index in [-0.39, 0.29) is 5.54 Å². The van der Waals surface area contributed by atoms with Crippen LogP contribution in [0.25, 0.3) is 0 Å². The minimum Gasteiger partial charge on any atom is -0.329 e. The van der Waals surface area contributed by atoms with Crippen molar-refractivity contribution in [3.63, 3.8) is 0 Å².